The first-order valence-corrected chi connectivity index (χ1v) is 4.81. The van der Waals surface area contributed by atoms with E-state index < -0.39 is 5.97 Å². The molecule has 0 unspecified atom stereocenters. The zero-order chi connectivity index (χ0) is 9.84. The van der Waals surface area contributed by atoms with Gasteiger partial charge in [-0.25, -0.2) is 0 Å². The van der Waals surface area contributed by atoms with E-state index in [9.17, 15) is 4.79 Å². The zero-order valence-electron chi connectivity index (χ0n) is 7.30. The Bertz CT molecular complexity index is 309. The summed E-state index contributed by atoms with van der Waals surface area (Å²) in [6, 6.07) is 0. The van der Waals surface area contributed by atoms with Gasteiger partial charge in [-0.2, -0.15) is 5.10 Å². The highest BCUT2D eigenvalue weighted by molar-refractivity contribution is 9.10. The van der Waals surface area contributed by atoms with Gasteiger partial charge in [-0.3, -0.25) is 9.89 Å². The molecule has 0 atom stereocenters. The number of aromatic amines is 1. The monoisotopic (exact) mass is 246 g/mol. The van der Waals surface area contributed by atoms with Crippen molar-refractivity contribution in [3.8, 4) is 0 Å². The molecule has 2 N–H and O–H groups in total. The van der Waals surface area contributed by atoms with Crippen LogP contribution in [0.3, 0.4) is 0 Å². The molecule has 0 fully saturated rings. The van der Waals surface area contributed by atoms with Gasteiger partial charge in [0.25, 0.3) is 0 Å². The fourth-order valence-electron chi connectivity index (χ4n) is 1.07. The number of nitrogens with one attached hydrogen (secondary N) is 1. The van der Waals surface area contributed by atoms with Crippen LogP contribution in [0.1, 0.15) is 24.1 Å². The molecule has 0 aromatic carbocycles. The molecule has 1 rings (SSSR count). The minimum absolute atomic E-state index is 0.204. The maximum absolute atomic E-state index is 10.2. The summed E-state index contributed by atoms with van der Waals surface area (Å²) in [7, 11) is 0. The van der Waals surface area contributed by atoms with Gasteiger partial charge in [0.2, 0.25) is 0 Å². The van der Waals surface area contributed by atoms with Crippen LogP contribution in [0.25, 0.3) is 0 Å². The SMILES string of the molecule is Cc1c(Br)n[nH]c1CCCC(=O)O. The number of carbonyl (C=O) groups is 1. The highest BCUT2D eigenvalue weighted by Gasteiger charge is 2.06. The van der Waals surface area contributed by atoms with Crippen LogP contribution in [-0.4, -0.2) is 21.3 Å². The minimum Gasteiger partial charge on any atom is -0.481 e. The topological polar surface area (TPSA) is 66.0 Å². The van der Waals surface area contributed by atoms with Crippen LogP contribution in [-0.2, 0) is 11.2 Å². The third-order valence-electron chi connectivity index (χ3n) is 1.87. The maximum Gasteiger partial charge on any atom is 0.303 e. The number of carboxylic acid groups (broad SMARTS) is 1. The van der Waals surface area contributed by atoms with Crippen molar-refractivity contribution in [2.75, 3.05) is 0 Å². The number of nitrogens with zero attached hydrogens (tertiary/aromatic N) is 1. The van der Waals surface area contributed by atoms with E-state index in [1.54, 1.807) is 0 Å². The van der Waals surface area contributed by atoms with E-state index in [2.05, 4.69) is 26.1 Å². The normalized spacial score (nSPS) is 10.3. The van der Waals surface area contributed by atoms with Gasteiger partial charge in [-0.15, -0.1) is 0 Å². The lowest BCUT2D eigenvalue weighted by molar-refractivity contribution is -0.137. The molecule has 1 aromatic rings. The molecule has 0 radical (unpaired) electrons. The minimum atomic E-state index is -0.753. The number of halogens is 1. The molecule has 0 bridgehead atoms. The lowest BCUT2D eigenvalue weighted by Crippen LogP contribution is -1.96. The Morgan fingerprint density at radius 2 is 2.38 bits per heavy atom. The van der Waals surface area contributed by atoms with E-state index in [-0.39, 0.29) is 6.42 Å². The van der Waals surface area contributed by atoms with Gasteiger partial charge in [0.1, 0.15) is 4.60 Å². The zero-order valence-corrected chi connectivity index (χ0v) is 8.89. The number of hydrogen-bond donors (Lipinski definition) is 2. The first-order chi connectivity index (χ1) is 6.11. The van der Waals surface area contributed by atoms with Gasteiger partial charge >= 0.3 is 5.97 Å². The van der Waals surface area contributed by atoms with E-state index in [0.717, 1.165) is 22.3 Å². The van der Waals surface area contributed by atoms with Gasteiger partial charge < -0.3 is 5.11 Å². The summed E-state index contributed by atoms with van der Waals surface area (Å²) in [4.78, 5) is 10.2. The molecule has 1 heterocycles. The summed E-state index contributed by atoms with van der Waals surface area (Å²) in [6.07, 6.45) is 1.58. The summed E-state index contributed by atoms with van der Waals surface area (Å²) in [5.74, 6) is -0.753. The Balaban J connectivity index is 2.45. The molecular formula is C8H11BrN2O2. The van der Waals surface area contributed by atoms with Crippen LogP contribution in [0.5, 0.6) is 0 Å². The number of aryl methyl sites for hydroxylation is 1. The van der Waals surface area contributed by atoms with Crippen molar-refractivity contribution in [1.29, 1.82) is 0 Å². The van der Waals surface area contributed by atoms with Gasteiger partial charge in [-0.1, -0.05) is 0 Å². The van der Waals surface area contributed by atoms with E-state index >= 15 is 0 Å². The molecule has 13 heavy (non-hydrogen) atoms. The molecule has 0 aliphatic heterocycles. The Kier molecular flexibility index (Phi) is 3.48. The lowest BCUT2D eigenvalue weighted by atomic mass is 10.1. The highest BCUT2D eigenvalue weighted by Crippen LogP contribution is 2.17. The molecule has 5 heteroatoms. The average molecular weight is 247 g/mol. The van der Waals surface area contributed by atoms with E-state index in [1.165, 1.54) is 0 Å². The first-order valence-electron chi connectivity index (χ1n) is 4.02. The smallest absolute Gasteiger partial charge is 0.303 e. The largest absolute Gasteiger partial charge is 0.481 e. The van der Waals surface area contributed by atoms with Crippen LogP contribution in [0.15, 0.2) is 4.60 Å². The predicted octanol–water partition coefficient (Wildman–Crippen LogP) is 1.89. The van der Waals surface area contributed by atoms with E-state index in [0.29, 0.717) is 6.42 Å². The molecule has 0 spiro atoms. The second kappa shape index (κ2) is 4.41. The fourth-order valence-corrected chi connectivity index (χ4v) is 1.40. The number of hydrogen-bond acceptors (Lipinski definition) is 2. The quantitative estimate of drug-likeness (QED) is 0.853. The van der Waals surface area contributed by atoms with Crippen LogP contribution in [0.2, 0.25) is 0 Å². The molecule has 0 aliphatic rings. The van der Waals surface area contributed by atoms with Crippen molar-refractivity contribution >= 4 is 21.9 Å². The Morgan fingerprint density at radius 3 is 2.85 bits per heavy atom. The fraction of sp³-hybridized carbons (Fsp3) is 0.500. The molecule has 1 aromatic heterocycles. The second-order valence-corrected chi connectivity index (χ2v) is 3.62. The molecular weight excluding hydrogens is 236 g/mol. The standard InChI is InChI=1S/C8H11BrN2O2/c1-5-6(10-11-8(5)9)3-2-4-7(12)13/h2-4H2,1H3,(H,10,11)(H,12,13). The number of rotatable bonds is 4. The summed E-state index contributed by atoms with van der Waals surface area (Å²) >= 11 is 3.28. The Hall–Kier alpha value is -0.840. The number of H-pyrrole nitrogens is 1. The third-order valence-corrected chi connectivity index (χ3v) is 2.64. The van der Waals surface area contributed by atoms with Crippen molar-refractivity contribution < 1.29 is 9.90 Å². The second-order valence-electron chi connectivity index (χ2n) is 2.87. The Morgan fingerprint density at radius 1 is 1.69 bits per heavy atom. The first kappa shape index (κ1) is 10.2. The predicted molar refractivity (Wildman–Crippen MR) is 51.6 cm³/mol. The van der Waals surface area contributed by atoms with Crippen LogP contribution < -0.4 is 0 Å². The van der Waals surface area contributed by atoms with Gasteiger partial charge in [0.05, 0.1) is 0 Å². The van der Waals surface area contributed by atoms with Crippen molar-refractivity contribution in [3.63, 3.8) is 0 Å². The number of carboxylic acids is 1. The molecule has 0 amide bonds. The van der Waals surface area contributed by atoms with Gasteiger partial charge in [-0.05, 0) is 35.7 Å². The van der Waals surface area contributed by atoms with Gasteiger partial charge in [0, 0.05) is 17.7 Å². The lowest BCUT2D eigenvalue weighted by Gasteiger charge is -1.96. The summed E-state index contributed by atoms with van der Waals surface area (Å²) in [5.41, 5.74) is 2.07. The average Bonchev–Trinajstić information content (AvgIpc) is 2.35. The molecule has 0 saturated carbocycles. The van der Waals surface area contributed by atoms with E-state index in [1.807, 2.05) is 6.92 Å². The highest BCUT2D eigenvalue weighted by atomic mass is 79.9. The number of aliphatic carboxylic acids is 1. The van der Waals surface area contributed by atoms with Crippen LogP contribution in [0, 0.1) is 6.92 Å². The van der Waals surface area contributed by atoms with Crippen LogP contribution in [0.4, 0.5) is 0 Å². The molecule has 0 aliphatic carbocycles. The van der Waals surface area contributed by atoms with Crippen molar-refractivity contribution in [2.24, 2.45) is 0 Å². The van der Waals surface area contributed by atoms with Crippen molar-refractivity contribution in [3.05, 3.63) is 15.9 Å². The summed E-state index contributed by atoms with van der Waals surface area (Å²) < 4.78 is 0.804. The van der Waals surface area contributed by atoms with E-state index in [4.69, 9.17) is 5.11 Å². The van der Waals surface area contributed by atoms with Gasteiger partial charge in [0.15, 0.2) is 0 Å². The third kappa shape index (κ3) is 2.84. The Labute approximate surface area is 84.5 Å². The maximum atomic E-state index is 10.2. The number of aromatic nitrogens is 2. The summed E-state index contributed by atoms with van der Waals surface area (Å²) in [5, 5.41) is 15.2. The molecule has 4 nitrogen and oxygen atoms in total. The molecule has 72 valence electrons. The molecule has 0 saturated heterocycles. The summed E-state index contributed by atoms with van der Waals surface area (Å²) in [6.45, 7) is 1.95. The van der Waals surface area contributed by atoms with Crippen molar-refractivity contribution in [2.45, 2.75) is 26.2 Å². The van der Waals surface area contributed by atoms with Crippen LogP contribution >= 0.6 is 15.9 Å². The van der Waals surface area contributed by atoms with Crippen molar-refractivity contribution in [1.82, 2.24) is 10.2 Å².